The van der Waals surface area contributed by atoms with Gasteiger partial charge >= 0.3 is 100 Å². The summed E-state index contributed by atoms with van der Waals surface area (Å²) in [6, 6.07) is 8.58. The van der Waals surface area contributed by atoms with Crippen LogP contribution in [-0.4, -0.2) is 24.7 Å². The molecule has 0 aliphatic heterocycles. The Kier molecular flexibility index (Phi) is 4.59. The van der Waals surface area contributed by atoms with Crippen LogP contribution in [0.1, 0.15) is 18.1 Å². The number of hydrogen-bond donors (Lipinski definition) is 0. The Morgan fingerprint density at radius 2 is 2.06 bits per heavy atom. The summed E-state index contributed by atoms with van der Waals surface area (Å²) < 4.78 is 5.15. The van der Waals surface area contributed by atoms with Gasteiger partial charge in [-0.25, -0.2) is 0 Å². The van der Waals surface area contributed by atoms with E-state index >= 15 is 0 Å². The molecule has 0 aromatic heterocycles. The van der Waals surface area contributed by atoms with Crippen LogP contribution in [0.5, 0.6) is 0 Å². The molecule has 0 N–H and O–H groups in total. The topological polar surface area (TPSA) is 26.3 Å². The molecule has 0 radical (unpaired) electrons. The molecular weight excluding hydrogens is 261 g/mol. The third kappa shape index (κ3) is 4.84. The number of rotatable bonds is 4. The zero-order valence-electron chi connectivity index (χ0n) is 10.5. The van der Waals surface area contributed by atoms with Crippen molar-refractivity contribution in [3.8, 4) is 0 Å². The number of carbonyl (C=O) groups excluding carboxylic acids is 1. The van der Waals surface area contributed by atoms with Crippen molar-refractivity contribution in [2.24, 2.45) is 0 Å². The van der Waals surface area contributed by atoms with E-state index in [0.29, 0.717) is 5.44 Å². The van der Waals surface area contributed by atoms with Gasteiger partial charge in [0.15, 0.2) is 0 Å². The summed E-state index contributed by atoms with van der Waals surface area (Å²) in [5.41, 5.74) is 3.32. The van der Waals surface area contributed by atoms with Gasteiger partial charge in [-0.05, 0) is 0 Å². The first-order valence-electron chi connectivity index (χ1n) is 5.58. The molecule has 0 fully saturated rings. The van der Waals surface area contributed by atoms with Crippen LogP contribution in [-0.2, 0) is 14.8 Å². The van der Waals surface area contributed by atoms with Crippen molar-refractivity contribution in [3.63, 3.8) is 0 Å². The monoisotopic (exact) mass is 282 g/mol. The van der Waals surface area contributed by atoms with Crippen molar-refractivity contribution in [2.45, 2.75) is 30.6 Å². The molecule has 0 aliphatic carbocycles. The molecule has 3 heteroatoms. The zero-order chi connectivity index (χ0) is 12.2. The van der Waals surface area contributed by atoms with E-state index in [1.807, 2.05) is 0 Å². The average Bonchev–Trinajstić information content (AvgIpc) is 2.14. The molecule has 0 aliphatic rings. The number of esters is 1. The number of aryl methyl sites for hydroxylation is 1. The number of hydrogen-bond acceptors (Lipinski definition) is 2. The Balaban J connectivity index is 2.61. The predicted molar refractivity (Wildman–Crippen MR) is 69.0 cm³/mol. The van der Waals surface area contributed by atoms with E-state index in [1.54, 1.807) is 0 Å². The Morgan fingerprint density at radius 1 is 1.38 bits per heavy atom. The summed E-state index contributed by atoms with van der Waals surface area (Å²) in [4.78, 5) is 10.8. The molecule has 0 heterocycles. The maximum absolute atomic E-state index is 10.8. The van der Waals surface area contributed by atoms with Gasteiger partial charge in [0.25, 0.3) is 0 Å². The van der Waals surface area contributed by atoms with Crippen LogP contribution in [0.15, 0.2) is 24.3 Å². The summed E-state index contributed by atoms with van der Waals surface area (Å²) in [7, 11) is 0. The van der Waals surface area contributed by atoms with Gasteiger partial charge in [-0.2, -0.15) is 0 Å². The Morgan fingerprint density at radius 3 is 2.62 bits per heavy atom. The van der Waals surface area contributed by atoms with Crippen molar-refractivity contribution in [1.82, 2.24) is 0 Å². The van der Waals surface area contributed by atoms with Gasteiger partial charge in [0.1, 0.15) is 0 Å². The van der Waals surface area contributed by atoms with E-state index in [9.17, 15) is 4.79 Å². The first kappa shape index (κ1) is 13.3. The van der Waals surface area contributed by atoms with Crippen LogP contribution < -0.4 is 0 Å². The first-order chi connectivity index (χ1) is 7.39. The van der Waals surface area contributed by atoms with Crippen LogP contribution >= 0.6 is 0 Å². The summed E-state index contributed by atoms with van der Waals surface area (Å²) >= 11 is -1.98. The molecule has 88 valence electrons. The average molecular weight is 281 g/mol. The van der Waals surface area contributed by atoms with Gasteiger partial charge in [-0.15, -0.1) is 0 Å². The molecule has 16 heavy (non-hydrogen) atoms. The summed E-state index contributed by atoms with van der Waals surface area (Å²) in [5, 5.41) is 1.11. The van der Waals surface area contributed by atoms with Crippen molar-refractivity contribution in [1.29, 1.82) is 0 Å². The number of benzene rings is 1. The second kappa shape index (κ2) is 5.53. The molecule has 0 atom stereocenters. The summed E-state index contributed by atoms with van der Waals surface area (Å²) in [6.07, 6.45) is 0. The fourth-order valence-electron chi connectivity index (χ4n) is 1.72. The van der Waals surface area contributed by atoms with E-state index in [4.69, 9.17) is 4.74 Å². The summed E-state index contributed by atoms with van der Waals surface area (Å²) in [5.74, 6) is 4.43. The van der Waals surface area contributed by atoms with Crippen LogP contribution in [0.2, 0.25) is 11.5 Å². The van der Waals surface area contributed by atoms with Crippen LogP contribution in [0.25, 0.3) is 0 Å². The van der Waals surface area contributed by atoms with Gasteiger partial charge in [-0.1, -0.05) is 0 Å². The Bertz CT molecular complexity index is 372. The van der Waals surface area contributed by atoms with E-state index in [-0.39, 0.29) is 5.97 Å². The van der Waals surface area contributed by atoms with Crippen molar-refractivity contribution in [2.75, 3.05) is 5.44 Å². The molecule has 1 aromatic rings. The number of ether oxygens (including phenoxy) is 1. The van der Waals surface area contributed by atoms with E-state index in [2.05, 4.69) is 42.7 Å². The van der Waals surface area contributed by atoms with Gasteiger partial charge < -0.3 is 0 Å². The SMILES string of the molecule is CC(=O)O[CH2][Ge]([CH3])([CH3])[CH2]c1cccc(C)c1. The van der Waals surface area contributed by atoms with Crippen LogP contribution in [0, 0.1) is 6.92 Å². The molecule has 0 unspecified atom stereocenters. The van der Waals surface area contributed by atoms with Crippen molar-refractivity contribution in [3.05, 3.63) is 35.4 Å². The zero-order valence-corrected chi connectivity index (χ0v) is 12.6. The third-order valence-corrected chi connectivity index (χ3v) is 7.24. The third-order valence-electron chi connectivity index (χ3n) is 2.43. The minimum atomic E-state index is -1.98. The standard InChI is InChI=1S/C13H20GeO2/c1-11-6-5-7-13(8-11)9-14(3,4)10-16-12(2)15/h5-8H,9-10H2,1-4H3. The molecule has 1 rings (SSSR count). The van der Waals surface area contributed by atoms with Gasteiger partial charge in [0, 0.05) is 0 Å². The Labute approximate surface area is 100 Å². The number of carbonyl (C=O) groups is 1. The van der Waals surface area contributed by atoms with E-state index in [1.165, 1.54) is 18.1 Å². The quantitative estimate of drug-likeness (QED) is 0.626. The Hall–Kier alpha value is -0.767. The predicted octanol–water partition coefficient (Wildman–Crippen LogP) is 2.89. The first-order valence-corrected chi connectivity index (χ1v) is 12.7. The molecule has 0 bridgehead atoms. The van der Waals surface area contributed by atoms with E-state index in [0.717, 1.165) is 5.25 Å². The van der Waals surface area contributed by atoms with Crippen molar-refractivity contribution < 1.29 is 9.53 Å². The molecule has 2 nitrogen and oxygen atoms in total. The molecule has 0 amide bonds. The second-order valence-corrected chi connectivity index (χ2v) is 15.5. The maximum atomic E-state index is 10.8. The van der Waals surface area contributed by atoms with Crippen molar-refractivity contribution >= 4 is 19.2 Å². The molecule has 0 saturated carbocycles. The fourth-order valence-corrected chi connectivity index (χ4v) is 5.96. The molecule has 1 aromatic carbocycles. The van der Waals surface area contributed by atoms with Gasteiger partial charge in [-0.3, -0.25) is 0 Å². The van der Waals surface area contributed by atoms with Crippen LogP contribution in [0.4, 0.5) is 0 Å². The molecule has 0 saturated heterocycles. The van der Waals surface area contributed by atoms with Gasteiger partial charge in [0.2, 0.25) is 0 Å². The second-order valence-electron chi connectivity index (χ2n) is 5.11. The molecular formula is C13H20GeO2. The minimum absolute atomic E-state index is 0.164. The summed E-state index contributed by atoms with van der Waals surface area (Å²) in [6.45, 7) is 3.58. The normalized spacial score (nSPS) is 11.2. The fraction of sp³-hybridized carbons (Fsp3) is 0.462. The molecule has 0 spiro atoms. The van der Waals surface area contributed by atoms with Gasteiger partial charge in [0.05, 0.1) is 0 Å². The van der Waals surface area contributed by atoms with Crippen LogP contribution in [0.3, 0.4) is 0 Å². The van der Waals surface area contributed by atoms with E-state index < -0.39 is 13.3 Å².